The molecule has 0 aliphatic carbocycles. The van der Waals surface area contributed by atoms with Crippen molar-refractivity contribution in [2.75, 3.05) is 12.8 Å². The van der Waals surface area contributed by atoms with Gasteiger partial charge in [0.2, 0.25) is 0 Å². The van der Waals surface area contributed by atoms with Crippen LogP contribution in [0, 0.1) is 0 Å². The molecule has 1 heterocycles. The van der Waals surface area contributed by atoms with E-state index in [0.717, 1.165) is 12.1 Å². The molecule has 0 radical (unpaired) electrons. The smallest absolute Gasteiger partial charge is 0.175 e. The van der Waals surface area contributed by atoms with Crippen molar-refractivity contribution in [1.82, 2.24) is 4.90 Å². The normalized spacial score (nSPS) is 23.3. The molecule has 1 fully saturated rings. The number of aliphatic hydroxyl groups excluding tert-OH is 1. The highest BCUT2D eigenvalue weighted by Crippen LogP contribution is 2.38. The van der Waals surface area contributed by atoms with E-state index in [2.05, 4.69) is 24.0 Å². The molecule has 1 saturated heterocycles. The fourth-order valence-electron chi connectivity index (χ4n) is 2.95. The van der Waals surface area contributed by atoms with E-state index in [9.17, 15) is 13.5 Å². The average Bonchev–Trinajstić information content (AvgIpc) is 3.34. The first kappa shape index (κ1) is 16.2. The highest BCUT2D eigenvalue weighted by molar-refractivity contribution is 7.90. The van der Waals surface area contributed by atoms with Crippen LogP contribution in [0.4, 0.5) is 0 Å². The van der Waals surface area contributed by atoms with Gasteiger partial charge >= 0.3 is 0 Å². The molecule has 0 amide bonds. The Morgan fingerprint density at radius 2 is 1.65 bits per heavy atom. The first-order chi connectivity index (χ1) is 10.9. The van der Waals surface area contributed by atoms with Gasteiger partial charge < -0.3 is 5.11 Å². The van der Waals surface area contributed by atoms with Gasteiger partial charge in [-0.1, -0.05) is 42.5 Å². The fraction of sp³-hybridized carbons (Fsp3) is 0.333. The summed E-state index contributed by atoms with van der Waals surface area (Å²) in [4.78, 5) is 2.52. The van der Waals surface area contributed by atoms with Gasteiger partial charge in [-0.3, -0.25) is 4.90 Å². The number of hydrogen-bond donors (Lipinski definition) is 1. The molecule has 1 aliphatic heterocycles. The summed E-state index contributed by atoms with van der Waals surface area (Å²) in [5.41, 5.74) is 1.99. The van der Waals surface area contributed by atoms with Crippen LogP contribution in [0.25, 0.3) is 0 Å². The van der Waals surface area contributed by atoms with E-state index in [0.29, 0.717) is 0 Å². The van der Waals surface area contributed by atoms with Gasteiger partial charge in [0.05, 0.1) is 17.0 Å². The summed E-state index contributed by atoms with van der Waals surface area (Å²) in [6.45, 7) is 2.97. The zero-order valence-corrected chi connectivity index (χ0v) is 14.1. The summed E-state index contributed by atoms with van der Waals surface area (Å²) in [5, 5.41) is 10.5. The van der Waals surface area contributed by atoms with Crippen molar-refractivity contribution in [3.8, 4) is 0 Å². The molecule has 2 unspecified atom stereocenters. The molecule has 0 aromatic heterocycles. The summed E-state index contributed by atoms with van der Waals surface area (Å²) in [7, 11) is -3.20. The molecule has 2 aromatic carbocycles. The Bertz CT molecular complexity index is 772. The Morgan fingerprint density at radius 1 is 1.04 bits per heavy atom. The van der Waals surface area contributed by atoms with Gasteiger partial charge in [-0.05, 0) is 30.2 Å². The Morgan fingerprint density at radius 3 is 2.22 bits per heavy atom. The monoisotopic (exact) mass is 331 g/mol. The van der Waals surface area contributed by atoms with Gasteiger partial charge in [-0.15, -0.1) is 0 Å². The van der Waals surface area contributed by atoms with E-state index < -0.39 is 15.9 Å². The minimum Gasteiger partial charge on any atom is -0.387 e. The molecule has 4 atom stereocenters. The van der Waals surface area contributed by atoms with Gasteiger partial charge in [-0.2, -0.15) is 0 Å². The summed E-state index contributed by atoms with van der Waals surface area (Å²) >= 11 is 0. The minimum absolute atomic E-state index is 0.0780. The Labute approximate surface area is 137 Å². The highest BCUT2D eigenvalue weighted by atomic mass is 32.2. The molecular formula is C18H21NO3S. The second-order valence-electron chi connectivity index (χ2n) is 6.14. The SMILES string of the molecule is C[C@H](c1ccccc1)N1CC1[C@H](O)c1ccc(S(C)(=O)=O)cc1. The van der Waals surface area contributed by atoms with Crippen LogP contribution < -0.4 is 0 Å². The van der Waals surface area contributed by atoms with E-state index in [4.69, 9.17) is 0 Å². The Hall–Kier alpha value is -1.69. The number of benzene rings is 2. The molecule has 122 valence electrons. The van der Waals surface area contributed by atoms with Crippen LogP contribution in [-0.4, -0.2) is 37.3 Å². The van der Waals surface area contributed by atoms with Crippen LogP contribution in [0.5, 0.6) is 0 Å². The highest BCUT2D eigenvalue weighted by Gasteiger charge is 2.43. The lowest BCUT2D eigenvalue weighted by molar-refractivity contribution is 0.151. The van der Waals surface area contributed by atoms with Crippen LogP contribution >= 0.6 is 0 Å². The van der Waals surface area contributed by atoms with Crippen molar-refractivity contribution >= 4 is 9.84 Å². The number of aliphatic hydroxyl groups is 1. The van der Waals surface area contributed by atoms with Crippen molar-refractivity contribution in [3.63, 3.8) is 0 Å². The predicted octanol–water partition coefficient (Wildman–Crippen LogP) is 2.57. The van der Waals surface area contributed by atoms with Crippen LogP contribution in [0.15, 0.2) is 59.5 Å². The maximum atomic E-state index is 11.5. The number of rotatable bonds is 5. The van der Waals surface area contributed by atoms with Gasteiger partial charge in [0.25, 0.3) is 0 Å². The Balaban J connectivity index is 1.69. The Kier molecular flexibility index (Phi) is 4.27. The van der Waals surface area contributed by atoms with Crippen molar-refractivity contribution in [3.05, 3.63) is 65.7 Å². The van der Waals surface area contributed by atoms with E-state index >= 15 is 0 Å². The summed E-state index contributed by atoms with van der Waals surface area (Å²) < 4.78 is 23.0. The quantitative estimate of drug-likeness (QED) is 0.856. The van der Waals surface area contributed by atoms with Crippen LogP contribution in [-0.2, 0) is 9.84 Å². The van der Waals surface area contributed by atoms with Crippen LogP contribution in [0.2, 0.25) is 0 Å². The van der Waals surface area contributed by atoms with Gasteiger partial charge in [-0.25, -0.2) is 8.42 Å². The summed E-state index contributed by atoms with van der Waals surface area (Å²) in [6, 6.07) is 17.1. The molecule has 1 N–H and O–H groups in total. The third-order valence-corrected chi connectivity index (χ3v) is 5.61. The van der Waals surface area contributed by atoms with E-state index in [1.54, 1.807) is 24.3 Å². The second kappa shape index (κ2) is 6.07. The lowest BCUT2D eigenvalue weighted by atomic mass is 10.1. The maximum absolute atomic E-state index is 11.5. The standard InChI is InChI=1S/C18H21NO3S/c1-13(14-6-4-3-5-7-14)19-12-17(19)18(20)15-8-10-16(11-9-15)23(2,21)22/h3-11,13,17-18,20H,12H2,1-2H3/t13-,17?,18-,19?/m1/s1. The molecule has 2 aromatic rings. The zero-order valence-electron chi connectivity index (χ0n) is 13.3. The maximum Gasteiger partial charge on any atom is 0.175 e. The van der Waals surface area contributed by atoms with E-state index in [-0.39, 0.29) is 17.0 Å². The minimum atomic E-state index is -3.20. The van der Waals surface area contributed by atoms with E-state index in [1.807, 2.05) is 18.2 Å². The molecule has 1 aliphatic rings. The second-order valence-corrected chi connectivity index (χ2v) is 8.15. The molecule has 4 nitrogen and oxygen atoms in total. The molecule has 0 saturated carbocycles. The molecular weight excluding hydrogens is 310 g/mol. The molecule has 0 bridgehead atoms. The van der Waals surface area contributed by atoms with E-state index in [1.165, 1.54) is 11.8 Å². The molecule has 23 heavy (non-hydrogen) atoms. The van der Waals surface area contributed by atoms with Crippen LogP contribution in [0.3, 0.4) is 0 Å². The predicted molar refractivity (Wildman–Crippen MR) is 89.9 cm³/mol. The first-order valence-corrected chi connectivity index (χ1v) is 9.56. The largest absolute Gasteiger partial charge is 0.387 e. The van der Waals surface area contributed by atoms with Gasteiger partial charge in [0.1, 0.15) is 0 Å². The first-order valence-electron chi connectivity index (χ1n) is 7.66. The van der Waals surface area contributed by atoms with Crippen LogP contribution in [0.1, 0.15) is 30.2 Å². The topological polar surface area (TPSA) is 57.4 Å². The third kappa shape index (κ3) is 3.47. The van der Waals surface area contributed by atoms with Crippen molar-refractivity contribution in [2.45, 2.75) is 30.0 Å². The summed E-state index contributed by atoms with van der Waals surface area (Å²) in [5.74, 6) is 0. The summed E-state index contributed by atoms with van der Waals surface area (Å²) in [6.07, 6.45) is 0.581. The number of nitrogens with zero attached hydrogens (tertiary/aromatic N) is 1. The average molecular weight is 331 g/mol. The van der Waals surface area contributed by atoms with Crippen molar-refractivity contribution < 1.29 is 13.5 Å². The lowest BCUT2D eigenvalue weighted by Gasteiger charge is -2.17. The van der Waals surface area contributed by atoms with Gasteiger partial charge in [0, 0.05) is 18.8 Å². The molecule has 3 rings (SSSR count). The zero-order chi connectivity index (χ0) is 16.6. The third-order valence-electron chi connectivity index (χ3n) is 4.48. The van der Waals surface area contributed by atoms with Gasteiger partial charge in [0.15, 0.2) is 9.84 Å². The van der Waals surface area contributed by atoms with Crippen molar-refractivity contribution in [2.24, 2.45) is 0 Å². The molecule has 5 heteroatoms. The van der Waals surface area contributed by atoms with Crippen molar-refractivity contribution in [1.29, 1.82) is 0 Å². The fourth-order valence-corrected chi connectivity index (χ4v) is 3.58. The lowest BCUT2D eigenvalue weighted by Crippen LogP contribution is -2.14. The number of sulfone groups is 1. The number of hydrogen-bond acceptors (Lipinski definition) is 4. The molecule has 0 spiro atoms.